The molecular formula is C19H23N3O4. The number of aromatic amines is 1. The number of hydrogen-bond acceptors (Lipinski definition) is 5. The van der Waals surface area contributed by atoms with Crippen molar-refractivity contribution in [3.05, 3.63) is 52.2 Å². The summed E-state index contributed by atoms with van der Waals surface area (Å²) in [6.45, 7) is 3.40. The summed E-state index contributed by atoms with van der Waals surface area (Å²) < 4.78 is 11.1. The van der Waals surface area contributed by atoms with Crippen molar-refractivity contribution in [1.29, 1.82) is 0 Å². The lowest BCUT2D eigenvalue weighted by Crippen LogP contribution is -2.43. The first-order chi connectivity index (χ1) is 12.6. The lowest BCUT2D eigenvalue weighted by Gasteiger charge is -2.32. The van der Waals surface area contributed by atoms with Gasteiger partial charge in [0.15, 0.2) is 0 Å². The van der Waals surface area contributed by atoms with E-state index in [1.807, 2.05) is 24.3 Å². The zero-order valence-electron chi connectivity index (χ0n) is 15.0. The van der Waals surface area contributed by atoms with Crippen LogP contribution in [0.2, 0.25) is 0 Å². The number of ether oxygens (including phenoxy) is 2. The third-order valence-electron chi connectivity index (χ3n) is 4.49. The number of nitrogens with zero attached hydrogens (tertiary/aromatic N) is 2. The van der Waals surface area contributed by atoms with Crippen molar-refractivity contribution in [2.24, 2.45) is 5.92 Å². The Labute approximate surface area is 152 Å². The number of aryl methyl sites for hydroxylation is 1. The summed E-state index contributed by atoms with van der Waals surface area (Å²) >= 11 is 0. The molecule has 1 amide bonds. The summed E-state index contributed by atoms with van der Waals surface area (Å²) in [5, 5.41) is 0. The van der Waals surface area contributed by atoms with E-state index in [0.29, 0.717) is 25.5 Å². The van der Waals surface area contributed by atoms with Gasteiger partial charge >= 0.3 is 0 Å². The number of H-pyrrole nitrogens is 1. The summed E-state index contributed by atoms with van der Waals surface area (Å²) in [6.07, 6.45) is 3.22. The quantitative estimate of drug-likeness (QED) is 0.885. The van der Waals surface area contributed by atoms with Crippen LogP contribution in [0.4, 0.5) is 0 Å². The van der Waals surface area contributed by atoms with Crippen LogP contribution in [-0.4, -0.2) is 47.6 Å². The largest absolute Gasteiger partial charge is 0.497 e. The van der Waals surface area contributed by atoms with Crippen LogP contribution in [0, 0.1) is 12.8 Å². The highest BCUT2D eigenvalue weighted by Crippen LogP contribution is 2.22. The lowest BCUT2D eigenvalue weighted by molar-refractivity contribution is 0.0631. The van der Waals surface area contributed by atoms with Crippen LogP contribution in [0.3, 0.4) is 0 Å². The van der Waals surface area contributed by atoms with Crippen molar-refractivity contribution < 1.29 is 14.3 Å². The van der Waals surface area contributed by atoms with Crippen molar-refractivity contribution in [3.63, 3.8) is 0 Å². The molecule has 7 nitrogen and oxygen atoms in total. The van der Waals surface area contributed by atoms with Gasteiger partial charge in [0.2, 0.25) is 0 Å². The van der Waals surface area contributed by atoms with E-state index in [4.69, 9.17) is 9.47 Å². The van der Waals surface area contributed by atoms with Crippen molar-refractivity contribution in [1.82, 2.24) is 14.9 Å². The van der Waals surface area contributed by atoms with E-state index in [0.717, 1.165) is 24.3 Å². The molecule has 138 valence electrons. The van der Waals surface area contributed by atoms with E-state index >= 15 is 0 Å². The standard InChI is InChI=1S/C19H23N3O4/c1-13-20-10-17(18(23)21-13)19(24)22-8-4-5-14(11-22)12-26-16-7-3-6-15(9-16)25-2/h3,6-7,9-10,14H,4-5,8,11-12H2,1-2H3,(H,20,21,23). The fourth-order valence-corrected chi connectivity index (χ4v) is 3.10. The highest BCUT2D eigenvalue weighted by Gasteiger charge is 2.26. The number of piperidine rings is 1. The number of benzene rings is 1. The van der Waals surface area contributed by atoms with Crippen LogP contribution in [0.25, 0.3) is 0 Å². The first-order valence-electron chi connectivity index (χ1n) is 8.69. The molecule has 2 aromatic rings. The Kier molecular flexibility index (Phi) is 5.55. The number of amides is 1. The fourth-order valence-electron chi connectivity index (χ4n) is 3.10. The Bertz CT molecular complexity index is 834. The van der Waals surface area contributed by atoms with Gasteiger partial charge in [-0.2, -0.15) is 0 Å². The van der Waals surface area contributed by atoms with Gasteiger partial charge in [-0.15, -0.1) is 0 Å². The fraction of sp³-hybridized carbons (Fsp3) is 0.421. The Morgan fingerprint density at radius 2 is 2.19 bits per heavy atom. The maximum Gasteiger partial charge on any atom is 0.263 e. The van der Waals surface area contributed by atoms with Crippen molar-refractivity contribution in [2.75, 3.05) is 26.8 Å². The third kappa shape index (κ3) is 4.22. The normalized spacial score (nSPS) is 17.0. The van der Waals surface area contributed by atoms with E-state index in [2.05, 4.69) is 9.97 Å². The molecule has 0 bridgehead atoms. The molecule has 0 spiro atoms. The number of aromatic nitrogens is 2. The minimum absolute atomic E-state index is 0.0879. The topological polar surface area (TPSA) is 84.5 Å². The number of rotatable bonds is 5. The first-order valence-corrected chi connectivity index (χ1v) is 8.69. The second-order valence-corrected chi connectivity index (χ2v) is 6.46. The van der Waals surface area contributed by atoms with Gasteiger partial charge in [-0.05, 0) is 31.9 Å². The molecule has 1 aliphatic rings. The van der Waals surface area contributed by atoms with E-state index in [1.165, 1.54) is 6.20 Å². The van der Waals surface area contributed by atoms with Gasteiger partial charge < -0.3 is 19.4 Å². The number of carbonyl (C=O) groups excluding carboxylic acids is 1. The van der Waals surface area contributed by atoms with Gasteiger partial charge in [0.1, 0.15) is 22.9 Å². The molecule has 0 saturated carbocycles. The van der Waals surface area contributed by atoms with Crippen LogP contribution in [-0.2, 0) is 0 Å². The van der Waals surface area contributed by atoms with Crippen LogP contribution >= 0.6 is 0 Å². The molecule has 7 heteroatoms. The molecule has 0 aliphatic carbocycles. The number of nitrogens with one attached hydrogen (secondary N) is 1. The molecule has 1 aromatic carbocycles. The Morgan fingerprint density at radius 3 is 2.96 bits per heavy atom. The van der Waals surface area contributed by atoms with E-state index < -0.39 is 5.56 Å². The molecule has 1 unspecified atom stereocenters. The maximum absolute atomic E-state index is 12.6. The van der Waals surface area contributed by atoms with E-state index in [-0.39, 0.29) is 17.4 Å². The maximum atomic E-state index is 12.6. The van der Waals surface area contributed by atoms with Gasteiger partial charge in [-0.1, -0.05) is 6.07 Å². The molecule has 2 heterocycles. The Balaban J connectivity index is 1.61. The molecule has 1 atom stereocenters. The molecule has 0 radical (unpaired) electrons. The molecule has 26 heavy (non-hydrogen) atoms. The second kappa shape index (κ2) is 8.03. The predicted molar refractivity (Wildman–Crippen MR) is 96.7 cm³/mol. The number of likely N-dealkylation sites (tertiary alicyclic amines) is 1. The average molecular weight is 357 g/mol. The molecule has 1 N–H and O–H groups in total. The predicted octanol–water partition coefficient (Wildman–Crippen LogP) is 2.02. The zero-order chi connectivity index (χ0) is 18.5. The third-order valence-corrected chi connectivity index (χ3v) is 4.49. The zero-order valence-corrected chi connectivity index (χ0v) is 15.0. The first kappa shape index (κ1) is 18.0. The Hall–Kier alpha value is -2.83. The van der Waals surface area contributed by atoms with Crippen molar-refractivity contribution >= 4 is 5.91 Å². The van der Waals surface area contributed by atoms with Gasteiger partial charge in [0, 0.05) is 31.3 Å². The van der Waals surface area contributed by atoms with Gasteiger partial charge in [0.05, 0.1) is 13.7 Å². The minimum Gasteiger partial charge on any atom is -0.497 e. The SMILES string of the molecule is COc1cccc(OCC2CCCN(C(=O)c3cnc(C)[nH]c3=O)C2)c1. The van der Waals surface area contributed by atoms with Gasteiger partial charge in [0.25, 0.3) is 11.5 Å². The highest BCUT2D eigenvalue weighted by atomic mass is 16.5. The van der Waals surface area contributed by atoms with E-state index in [9.17, 15) is 9.59 Å². The minimum atomic E-state index is -0.391. The molecular weight excluding hydrogens is 334 g/mol. The lowest BCUT2D eigenvalue weighted by atomic mass is 9.98. The van der Waals surface area contributed by atoms with Crippen molar-refractivity contribution in [2.45, 2.75) is 19.8 Å². The summed E-state index contributed by atoms with van der Waals surface area (Å²) in [6, 6.07) is 7.46. The number of carbonyl (C=O) groups is 1. The molecule has 1 aliphatic heterocycles. The van der Waals surface area contributed by atoms with E-state index in [1.54, 1.807) is 18.9 Å². The summed E-state index contributed by atoms with van der Waals surface area (Å²) in [4.78, 5) is 33.0. The second-order valence-electron chi connectivity index (χ2n) is 6.46. The average Bonchev–Trinajstić information content (AvgIpc) is 2.66. The van der Waals surface area contributed by atoms with Crippen LogP contribution in [0.5, 0.6) is 11.5 Å². The van der Waals surface area contributed by atoms with Crippen LogP contribution < -0.4 is 15.0 Å². The molecule has 1 aromatic heterocycles. The van der Waals surface area contributed by atoms with Crippen molar-refractivity contribution in [3.8, 4) is 11.5 Å². The molecule has 1 fully saturated rings. The molecule has 1 saturated heterocycles. The molecule has 3 rings (SSSR count). The number of hydrogen-bond donors (Lipinski definition) is 1. The number of methoxy groups -OCH3 is 1. The highest BCUT2D eigenvalue weighted by molar-refractivity contribution is 5.93. The smallest absolute Gasteiger partial charge is 0.263 e. The Morgan fingerprint density at radius 1 is 1.38 bits per heavy atom. The van der Waals surface area contributed by atoms with Gasteiger partial charge in [-0.25, -0.2) is 4.98 Å². The summed E-state index contributed by atoms with van der Waals surface area (Å²) in [7, 11) is 1.62. The van der Waals surface area contributed by atoms with Crippen LogP contribution in [0.15, 0.2) is 35.3 Å². The summed E-state index contributed by atoms with van der Waals surface area (Å²) in [5.41, 5.74) is -0.304. The van der Waals surface area contributed by atoms with Crippen LogP contribution in [0.1, 0.15) is 29.0 Å². The monoisotopic (exact) mass is 357 g/mol. The summed E-state index contributed by atoms with van der Waals surface area (Å²) in [5.74, 6) is 1.93. The van der Waals surface area contributed by atoms with Gasteiger partial charge in [-0.3, -0.25) is 9.59 Å².